The van der Waals surface area contributed by atoms with E-state index in [0.29, 0.717) is 0 Å². The molecule has 1 N–H and O–H groups in total. The Balaban J connectivity index is 1.57. The minimum Gasteiger partial charge on any atom is -0.354 e. The number of carbonyl (C=O) groups excluding carboxylic acids is 1. The van der Waals surface area contributed by atoms with E-state index < -0.39 is 75.9 Å². The van der Waals surface area contributed by atoms with E-state index in [-0.39, 0.29) is 22.4 Å². The summed E-state index contributed by atoms with van der Waals surface area (Å²) in [7, 11) is -3.97. The summed E-state index contributed by atoms with van der Waals surface area (Å²) >= 11 is 0. The summed E-state index contributed by atoms with van der Waals surface area (Å²) in [5, 5.41) is 3.57. The fourth-order valence-electron chi connectivity index (χ4n) is 4.48. The van der Waals surface area contributed by atoms with Crippen molar-refractivity contribution in [2.24, 2.45) is 0 Å². The zero-order valence-electron chi connectivity index (χ0n) is 17.9. The number of alkyl halides is 2. The lowest BCUT2D eigenvalue weighted by Gasteiger charge is -2.23. The monoisotopic (exact) mass is 516 g/mol. The number of aromatic nitrogens is 1. The number of rotatable bonds is 5. The fraction of sp³-hybridized carbons (Fsp3) is 0.333. The van der Waals surface area contributed by atoms with Crippen LogP contribution in [0.5, 0.6) is 0 Å². The largest absolute Gasteiger partial charge is 0.354 e. The van der Waals surface area contributed by atoms with E-state index >= 15 is 8.78 Å². The fourth-order valence-corrected chi connectivity index (χ4v) is 5.31. The van der Waals surface area contributed by atoms with Gasteiger partial charge in [0.25, 0.3) is 5.92 Å². The number of hydrogen-bond acceptors (Lipinski definition) is 5. The van der Waals surface area contributed by atoms with Crippen molar-refractivity contribution in [3.63, 3.8) is 0 Å². The Labute approximate surface area is 195 Å². The lowest BCUT2D eigenvalue weighted by molar-refractivity contribution is -0.0324. The van der Waals surface area contributed by atoms with Crippen LogP contribution in [0.15, 0.2) is 34.9 Å². The molecule has 8 nitrogen and oxygen atoms in total. The SMILES string of the molecule is CCS(=O)(=O)N[C@@H]1CN2C(=O)N(c3noc4cc(F)cc(-c5c(F)cccc5F)c34)C[C@@H]2C1(F)F. The minimum atomic E-state index is -3.97. The lowest BCUT2D eigenvalue weighted by Crippen LogP contribution is -2.51. The molecule has 35 heavy (non-hydrogen) atoms. The van der Waals surface area contributed by atoms with Crippen LogP contribution in [0.2, 0.25) is 0 Å². The minimum absolute atomic E-state index is 0.142. The molecule has 0 bridgehead atoms. The number of sulfonamides is 1. The van der Waals surface area contributed by atoms with Crippen LogP contribution in [0.25, 0.3) is 22.1 Å². The summed E-state index contributed by atoms with van der Waals surface area (Å²) in [6, 6.07) is 0.274. The Bertz CT molecular complexity index is 1440. The third-order valence-corrected chi connectivity index (χ3v) is 7.61. The molecule has 2 aliphatic rings. The van der Waals surface area contributed by atoms with Gasteiger partial charge in [0.2, 0.25) is 10.0 Å². The third kappa shape index (κ3) is 3.62. The number of hydrogen-bond donors (Lipinski definition) is 1. The van der Waals surface area contributed by atoms with Gasteiger partial charge >= 0.3 is 6.03 Å². The Morgan fingerprint density at radius 3 is 2.49 bits per heavy atom. The normalized spacial score (nSPS) is 21.8. The van der Waals surface area contributed by atoms with Crippen molar-refractivity contribution in [1.29, 1.82) is 0 Å². The summed E-state index contributed by atoms with van der Waals surface area (Å²) < 4.78 is 104. The number of nitrogens with zero attached hydrogens (tertiary/aromatic N) is 3. The van der Waals surface area contributed by atoms with Crippen LogP contribution in [-0.2, 0) is 10.0 Å². The van der Waals surface area contributed by atoms with Crippen molar-refractivity contribution in [1.82, 2.24) is 14.8 Å². The highest BCUT2D eigenvalue weighted by atomic mass is 32.2. The number of anilines is 1. The molecule has 2 saturated heterocycles. The quantitative estimate of drug-likeness (QED) is 0.524. The average molecular weight is 516 g/mol. The van der Waals surface area contributed by atoms with Gasteiger partial charge in [-0.3, -0.25) is 4.90 Å². The van der Waals surface area contributed by atoms with Gasteiger partial charge in [0.05, 0.1) is 23.2 Å². The second kappa shape index (κ2) is 7.88. The van der Waals surface area contributed by atoms with Crippen LogP contribution in [0.1, 0.15) is 6.92 Å². The van der Waals surface area contributed by atoms with Crippen LogP contribution < -0.4 is 9.62 Å². The lowest BCUT2D eigenvalue weighted by atomic mass is 9.99. The maximum atomic E-state index is 15.1. The van der Waals surface area contributed by atoms with Gasteiger partial charge in [-0.2, -0.15) is 0 Å². The molecular weight excluding hydrogens is 499 g/mol. The maximum absolute atomic E-state index is 15.1. The first-order valence-corrected chi connectivity index (χ1v) is 12.1. The van der Waals surface area contributed by atoms with Gasteiger partial charge in [-0.05, 0) is 25.1 Å². The molecule has 0 aliphatic carbocycles. The first-order chi connectivity index (χ1) is 16.4. The highest BCUT2D eigenvalue weighted by Crippen LogP contribution is 2.44. The zero-order chi connectivity index (χ0) is 25.3. The first-order valence-electron chi connectivity index (χ1n) is 10.4. The third-order valence-electron chi connectivity index (χ3n) is 6.21. The predicted molar refractivity (Wildman–Crippen MR) is 114 cm³/mol. The molecule has 2 atom stereocenters. The van der Waals surface area contributed by atoms with Gasteiger partial charge in [0, 0.05) is 18.2 Å². The molecular formula is C21H17F5N4O4S. The molecule has 3 aromatic rings. The zero-order valence-corrected chi connectivity index (χ0v) is 18.8. The molecule has 2 aromatic carbocycles. The summed E-state index contributed by atoms with van der Waals surface area (Å²) in [5.74, 6) is -7.30. The summed E-state index contributed by atoms with van der Waals surface area (Å²) in [6.07, 6.45) is 0. The van der Waals surface area contributed by atoms with E-state index in [0.717, 1.165) is 40.1 Å². The van der Waals surface area contributed by atoms with Crippen LogP contribution in [0.4, 0.5) is 32.6 Å². The van der Waals surface area contributed by atoms with Crippen molar-refractivity contribution in [3.05, 3.63) is 47.8 Å². The van der Waals surface area contributed by atoms with Crippen LogP contribution in [-0.4, -0.2) is 61.4 Å². The molecule has 0 radical (unpaired) electrons. The highest BCUT2D eigenvalue weighted by Gasteiger charge is 2.63. The number of fused-ring (bicyclic) bond motifs is 2. The molecule has 2 fully saturated rings. The Hall–Kier alpha value is -3.26. The van der Waals surface area contributed by atoms with E-state index in [2.05, 4.69) is 5.16 Å². The summed E-state index contributed by atoms with van der Waals surface area (Å²) in [5.41, 5.74) is -1.17. The van der Waals surface area contributed by atoms with E-state index in [1.54, 1.807) is 0 Å². The van der Waals surface area contributed by atoms with Crippen molar-refractivity contribution in [3.8, 4) is 11.1 Å². The Morgan fingerprint density at radius 1 is 1.17 bits per heavy atom. The van der Waals surface area contributed by atoms with E-state index in [9.17, 15) is 26.4 Å². The number of halogens is 5. The van der Waals surface area contributed by atoms with Crippen LogP contribution >= 0.6 is 0 Å². The van der Waals surface area contributed by atoms with Gasteiger partial charge in [-0.15, -0.1) is 0 Å². The molecule has 2 amide bonds. The van der Waals surface area contributed by atoms with Crippen molar-refractivity contribution in [2.45, 2.75) is 24.9 Å². The van der Waals surface area contributed by atoms with E-state index in [1.807, 2.05) is 4.72 Å². The number of benzene rings is 2. The molecule has 14 heteroatoms. The Kier molecular flexibility index (Phi) is 5.29. The molecule has 0 spiro atoms. The average Bonchev–Trinajstić information content (AvgIpc) is 3.40. The molecule has 2 aliphatic heterocycles. The first kappa shape index (κ1) is 23.5. The van der Waals surface area contributed by atoms with Gasteiger partial charge < -0.3 is 9.42 Å². The van der Waals surface area contributed by atoms with Gasteiger partial charge in [0.15, 0.2) is 11.4 Å². The van der Waals surface area contributed by atoms with Gasteiger partial charge in [-0.25, -0.2) is 39.9 Å². The van der Waals surface area contributed by atoms with Gasteiger partial charge in [0.1, 0.15) is 29.5 Å². The van der Waals surface area contributed by atoms with Crippen molar-refractivity contribution < 1.29 is 39.7 Å². The molecule has 186 valence electrons. The number of nitrogens with one attached hydrogen (secondary N) is 1. The van der Waals surface area contributed by atoms with E-state index in [1.165, 1.54) is 6.92 Å². The van der Waals surface area contributed by atoms with E-state index in [4.69, 9.17) is 4.52 Å². The van der Waals surface area contributed by atoms with Gasteiger partial charge in [-0.1, -0.05) is 11.2 Å². The predicted octanol–water partition coefficient (Wildman–Crippen LogP) is 3.48. The summed E-state index contributed by atoms with van der Waals surface area (Å²) in [4.78, 5) is 14.7. The second-order valence-electron chi connectivity index (χ2n) is 8.24. The molecule has 5 rings (SSSR count). The standard InChI is InChI=1S/C21H17F5N4O4S/c1-2-35(32,33)28-15-8-29-16(21(15,25)26)9-30(20(29)31)19-18-11(6-10(22)7-14(18)34-27-19)17-12(23)4-3-5-13(17)24/h3-7,15-16,28H,2,8-9H2,1H3/t15-,16-/m1/s1. The molecule has 0 saturated carbocycles. The van der Waals surface area contributed by atoms with Crippen LogP contribution in [0, 0.1) is 17.5 Å². The van der Waals surface area contributed by atoms with Crippen molar-refractivity contribution in [2.75, 3.05) is 23.7 Å². The topological polar surface area (TPSA) is 95.8 Å². The van der Waals surface area contributed by atoms with Crippen molar-refractivity contribution >= 4 is 32.8 Å². The number of urea groups is 1. The second-order valence-corrected chi connectivity index (χ2v) is 10.3. The molecule has 0 unspecified atom stereocenters. The highest BCUT2D eigenvalue weighted by molar-refractivity contribution is 7.89. The molecule has 3 heterocycles. The number of amides is 2. The smallest absolute Gasteiger partial charge is 0.326 e. The summed E-state index contributed by atoms with van der Waals surface area (Å²) in [6.45, 7) is 0.0672. The molecule has 1 aromatic heterocycles. The Morgan fingerprint density at radius 2 is 1.86 bits per heavy atom. The maximum Gasteiger partial charge on any atom is 0.326 e. The number of carbonyl (C=O) groups is 1. The van der Waals surface area contributed by atoms with Crippen LogP contribution in [0.3, 0.4) is 0 Å².